The van der Waals surface area contributed by atoms with Gasteiger partial charge in [0.15, 0.2) is 0 Å². The molecule has 1 heterocycles. The highest BCUT2D eigenvalue weighted by Crippen LogP contribution is 2.24. The molecule has 0 aliphatic rings. The topological polar surface area (TPSA) is 77.4 Å². The van der Waals surface area contributed by atoms with E-state index in [1.165, 1.54) is 29.9 Å². The first-order valence-electron chi connectivity index (χ1n) is 6.71. The molecular weight excluding hydrogens is 323 g/mol. The zero-order valence-electron chi connectivity index (χ0n) is 13.2. The largest absolute Gasteiger partial charge is 0.464 e. The van der Waals surface area contributed by atoms with Crippen LogP contribution in [0.3, 0.4) is 0 Å². The van der Waals surface area contributed by atoms with Gasteiger partial charge in [-0.2, -0.15) is 0 Å². The molecule has 0 spiro atoms. The number of halogens is 1. The fraction of sp³-hybridized carbons (Fsp3) is 0.267. The van der Waals surface area contributed by atoms with Gasteiger partial charge in [-0.1, -0.05) is 6.07 Å². The molecule has 0 aliphatic carbocycles. The van der Waals surface area contributed by atoms with Gasteiger partial charge in [-0.25, -0.2) is 17.6 Å². The molecule has 6 nitrogen and oxygen atoms in total. The molecule has 0 bridgehead atoms. The van der Waals surface area contributed by atoms with Crippen LogP contribution in [0.5, 0.6) is 0 Å². The lowest BCUT2D eigenvalue weighted by atomic mass is 10.2. The standard InChI is InChI=1S/C15H17FN2O4S/c1-9-5-6-11(7-12(9)16)17-23(20,21)14-8-13(15(19)22-4)18(3)10(14)2/h5-8,17H,1-4H3. The first-order valence-corrected chi connectivity index (χ1v) is 8.19. The third-order valence-electron chi connectivity index (χ3n) is 3.60. The predicted octanol–water partition coefficient (Wildman–Crippen LogP) is 2.37. The molecule has 8 heteroatoms. The Morgan fingerprint density at radius 2 is 1.91 bits per heavy atom. The molecule has 124 valence electrons. The molecule has 0 fully saturated rings. The summed E-state index contributed by atoms with van der Waals surface area (Å²) in [5.74, 6) is -1.15. The van der Waals surface area contributed by atoms with Crippen LogP contribution in [0.15, 0.2) is 29.2 Å². The summed E-state index contributed by atoms with van der Waals surface area (Å²) in [5.41, 5.74) is 0.999. The number of carbonyl (C=O) groups is 1. The molecule has 0 atom stereocenters. The van der Waals surface area contributed by atoms with Crippen LogP contribution in [0.4, 0.5) is 10.1 Å². The number of methoxy groups -OCH3 is 1. The van der Waals surface area contributed by atoms with E-state index in [2.05, 4.69) is 9.46 Å². The van der Waals surface area contributed by atoms with Crippen LogP contribution in [0, 0.1) is 19.7 Å². The van der Waals surface area contributed by atoms with Gasteiger partial charge >= 0.3 is 5.97 Å². The van der Waals surface area contributed by atoms with Gasteiger partial charge in [0.05, 0.1) is 12.8 Å². The SMILES string of the molecule is COC(=O)c1cc(S(=O)(=O)Nc2ccc(C)c(F)c2)c(C)n1C. The van der Waals surface area contributed by atoms with Crippen molar-refractivity contribution in [2.75, 3.05) is 11.8 Å². The van der Waals surface area contributed by atoms with Gasteiger partial charge < -0.3 is 9.30 Å². The van der Waals surface area contributed by atoms with Crippen molar-refractivity contribution in [2.45, 2.75) is 18.7 Å². The predicted molar refractivity (Wildman–Crippen MR) is 83.4 cm³/mol. The van der Waals surface area contributed by atoms with Gasteiger partial charge in [0, 0.05) is 12.7 Å². The van der Waals surface area contributed by atoms with Crippen molar-refractivity contribution in [3.63, 3.8) is 0 Å². The van der Waals surface area contributed by atoms with Crippen LogP contribution < -0.4 is 4.72 Å². The molecule has 23 heavy (non-hydrogen) atoms. The van der Waals surface area contributed by atoms with Crippen molar-refractivity contribution in [3.05, 3.63) is 47.0 Å². The van der Waals surface area contributed by atoms with Crippen molar-refractivity contribution < 1.29 is 22.3 Å². The minimum absolute atomic E-state index is 0.0682. The Morgan fingerprint density at radius 3 is 2.48 bits per heavy atom. The van der Waals surface area contributed by atoms with Crippen molar-refractivity contribution in [2.24, 2.45) is 7.05 Å². The zero-order valence-corrected chi connectivity index (χ0v) is 14.0. The van der Waals surface area contributed by atoms with Crippen molar-refractivity contribution in [1.29, 1.82) is 0 Å². The molecule has 1 N–H and O–H groups in total. The van der Waals surface area contributed by atoms with E-state index < -0.39 is 21.8 Å². The minimum Gasteiger partial charge on any atom is -0.464 e. The molecule has 2 rings (SSSR count). The lowest BCUT2D eigenvalue weighted by molar-refractivity contribution is 0.0589. The Labute approximate surface area is 133 Å². The monoisotopic (exact) mass is 340 g/mol. The molecule has 0 aliphatic heterocycles. The van der Waals surface area contributed by atoms with Crippen LogP contribution in [0.2, 0.25) is 0 Å². The highest BCUT2D eigenvalue weighted by molar-refractivity contribution is 7.92. The second-order valence-corrected chi connectivity index (χ2v) is 6.75. The van der Waals surface area contributed by atoms with Gasteiger partial charge in [-0.15, -0.1) is 0 Å². The van der Waals surface area contributed by atoms with Crippen LogP contribution in [-0.4, -0.2) is 26.1 Å². The van der Waals surface area contributed by atoms with Crippen LogP contribution >= 0.6 is 0 Å². The number of aryl methyl sites for hydroxylation is 1. The van der Waals surface area contributed by atoms with Gasteiger partial charge in [-0.05, 0) is 37.6 Å². The minimum atomic E-state index is -3.96. The van der Waals surface area contributed by atoms with E-state index in [0.29, 0.717) is 11.3 Å². The summed E-state index contributed by atoms with van der Waals surface area (Å²) >= 11 is 0. The summed E-state index contributed by atoms with van der Waals surface area (Å²) in [5, 5.41) is 0. The van der Waals surface area contributed by atoms with Crippen molar-refractivity contribution in [1.82, 2.24) is 4.57 Å². The molecule has 0 radical (unpaired) electrons. The number of aromatic nitrogens is 1. The number of nitrogens with one attached hydrogen (secondary N) is 1. The number of carbonyl (C=O) groups excluding carboxylic acids is 1. The first kappa shape index (κ1) is 17.0. The van der Waals surface area contributed by atoms with E-state index in [0.717, 1.165) is 6.07 Å². The number of sulfonamides is 1. The zero-order chi connectivity index (χ0) is 17.4. The summed E-state index contributed by atoms with van der Waals surface area (Å²) in [6.07, 6.45) is 0. The van der Waals surface area contributed by atoms with E-state index in [1.54, 1.807) is 20.9 Å². The summed E-state index contributed by atoms with van der Waals surface area (Å²) in [6, 6.07) is 5.28. The Kier molecular flexibility index (Phi) is 4.46. The lowest BCUT2D eigenvalue weighted by Crippen LogP contribution is -2.14. The quantitative estimate of drug-likeness (QED) is 0.867. The molecule has 0 saturated heterocycles. The number of hydrogen-bond acceptors (Lipinski definition) is 4. The average molecular weight is 340 g/mol. The maximum atomic E-state index is 13.6. The number of hydrogen-bond donors (Lipinski definition) is 1. The Hall–Kier alpha value is -2.35. The number of esters is 1. The van der Waals surface area contributed by atoms with Gasteiger partial charge in [0.1, 0.15) is 16.4 Å². The molecule has 2 aromatic rings. The van der Waals surface area contributed by atoms with Crippen LogP contribution in [0.25, 0.3) is 0 Å². The second kappa shape index (κ2) is 6.04. The van der Waals surface area contributed by atoms with E-state index in [4.69, 9.17) is 0 Å². The Balaban J connectivity index is 2.44. The van der Waals surface area contributed by atoms with Crippen molar-refractivity contribution >= 4 is 21.7 Å². The normalized spacial score (nSPS) is 11.3. The third-order valence-corrected chi connectivity index (χ3v) is 5.09. The highest BCUT2D eigenvalue weighted by atomic mass is 32.2. The van der Waals surface area contributed by atoms with Crippen LogP contribution in [0.1, 0.15) is 21.7 Å². The number of anilines is 1. The second-order valence-electron chi connectivity index (χ2n) is 5.10. The summed E-state index contributed by atoms with van der Waals surface area (Å²) < 4.78 is 46.9. The maximum absolute atomic E-state index is 13.6. The molecule has 1 aromatic carbocycles. The fourth-order valence-electron chi connectivity index (χ4n) is 2.11. The molecule has 0 saturated carbocycles. The molecule has 0 amide bonds. The van der Waals surface area contributed by atoms with Crippen LogP contribution in [-0.2, 0) is 21.8 Å². The van der Waals surface area contributed by atoms with Crippen molar-refractivity contribution in [3.8, 4) is 0 Å². The maximum Gasteiger partial charge on any atom is 0.354 e. The number of nitrogens with zero attached hydrogens (tertiary/aromatic N) is 1. The first-order chi connectivity index (χ1) is 10.7. The van der Waals surface area contributed by atoms with E-state index >= 15 is 0 Å². The van der Waals surface area contributed by atoms with E-state index in [9.17, 15) is 17.6 Å². The summed E-state index contributed by atoms with van der Waals surface area (Å²) in [6.45, 7) is 3.15. The third kappa shape index (κ3) is 3.21. The molecule has 0 unspecified atom stereocenters. The van der Waals surface area contributed by atoms with E-state index in [1.807, 2.05) is 0 Å². The van der Waals surface area contributed by atoms with E-state index in [-0.39, 0.29) is 16.3 Å². The van der Waals surface area contributed by atoms with Gasteiger partial charge in [0.2, 0.25) is 0 Å². The lowest BCUT2D eigenvalue weighted by Gasteiger charge is -2.09. The Bertz CT molecular complexity index is 872. The van der Waals surface area contributed by atoms with Gasteiger partial charge in [-0.3, -0.25) is 4.72 Å². The Morgan fingerprint density at radius 1 is 1.26 bits per heavy atom. The van der Waals surface area contributed by atoms with Gasteiger partial charge in [0.25, 0.3) is 10.0 Å². The average Bonchev–Trinajstić information content (AvgIpc) is 2.79. The number of ether oxygens (including phenoxy) is 1. The number of benzene rings is 1. The fourth-order valence-corrected chi connectivity index (χ4v) is 3.45. The smallest absolute Gasteiger partial charge is 0.354 e. The molecular formula is C15H17FN2O4S. The number of rotatable bonds is 4. The molecule has 1 aromatic heterocycles. The summed E-state index contributed by atoms with van der Waals surface area (Å²) in [4.78, 5) is 11.6. The summed E-state index contributed by atoms with van der Waals surface area (Å²) in [7, 11) is -1.19. The highest BCUT2D eigenvalue weighted by Gasteiger charge is 2.25.